The summed E-state index contributed by atoms with van der Waals surface area (Å²) < 4.78 is 0.892. The molecule has 0 bridgehead atoms. The van der Waals surface area contributed by atoms with Gasteiger partial charge < -0.3 is 11.1 Å². The number of hydrogen-bond acceptors (Lipinski definition) is 4. The van der Waals surface area contributed by atoms with Crippen molar-refractivity contribution in [2.75, 3.05) is 5.32 Å². The number of nitrogens with two attached hydrogens (primary N) is 1. The topological polar surface area (TPSA) is 92.9 Å². The molecule has 0 aliphatic rings. The molecule has 0 aliphatic heterocycles. The zero-order valence-corrected chi connectivity index (χ0v) is 11.4. The molecule has 0 amide bonds. The number of rotatable bonds is 4. The van der Waals surface area contributed by atoms with Gasteiger partial charge in [-0.05, 0) is 12.1 Å². The Hall–Kier alpha value is -2.31. The van der Waals surface area contributed by atoms with E-state index in [1.807, 2.05) is 30.3 Å². The Labute approximate surface area is 121 Å². The Kier molecular flexibility index (Phi) is 5.31. The van der Waals surface area contributed by atoms with Crippen molar-refractivity contribution in [3.05, 3.63) is 69.9 Å². The molecule has 1 unspecified atom stereocenters. The van der Waals surface area contributed by atoms with E-state index >= 15 is 0 Å². The smallest absolute Gasteiger partial charge is 0.331 e. The fourth-order valence-electron chi connectivity index (χ4n) is 1.64. The first-order chi connectivity index (χ1) is 9.11. The fourth-order valence-corrected chi connectivity index (χ4v) is 1.64. The van der Waals surface area contributed by atoms with E-state index < -0.39 is 17.4 Å². The number of aromatic amines is 1. The van der Waals surface area contributed by atoms with Gasteiger partial charge in [0.15, 0.2) is 0 Å². The molecule has 0 spiro atoms. The molecule has 1 aromatic heterocycles. The van der Waals surface area contributed by atoms with Crippen molar-refractivity contribution in [3.63, 3.8) is 0 Å². The molecular formula is C13H15ClN4O2. The van der Waals surface area contributed by atoms with E-state index in [0.29, 0.717) is 5.82 Å². The summed E-state index contributed by atoms with van der Waals surface area (Å²) >= 11 is 0. The molecule has 4 N–H and O–H groups in total. The highest BCUT2D eigenvalue weighted by atomic mass is 35.5. The van der Waals surface area contributed by atoms with E-state index in [1.54, 1.807) is 0 Å². The lowest BCUT2D eigenvalue weighted by Gasteiger charge is -2.11. The summed E-state index contributed by atoms with van der Waals surface area (Å²) in [6, 6.07) is 10.5. The van der Waals surface area contributed by atoms with Crippen LogP contribution in [0.5, 0.6) is 0 Å². The number of nitrogens with one attached hydrogen (secondary N) is 2. The van der Waals surface area contributed by atoms with Crippen LogP contribution in [0.4, 0.5) is 11.5 Å². The van der Waals surface area contributed by atoms with Gasteiger partial charge in [-0.1, -0.05) is 30.9 Å². The van der Waals surface area contributed by atoms with Crippen molar-refractivity contribution >= 4 is 23.9 Å². The third kappa shape index (κ3) is 3.37. The maximum Gasteiger partial charge on any atom is 0.331 e. The summed E-state index contributed by atoms with van der Waals surface area (Å²) in [5.41, 5.74) is 5.29. The predicted octanol–water partition coefficient (Wildman–Crippen LogP) is 1.35. The lowest BCUT2D eigenvalue weighted by molar-refractivity contribution is 0.573. The first-order valence-electron chi connectivity index (χ1n) is 5.68. The predicted molar refractivity (Wildman–Crippen MR) is 81.7 cm³/mol. The first-order valence-corrected chi connectivity index (χ1v) is 5.68. The minimum absolute atomic E-state index is 0. The van der Waals surface area contributed by atoms with Crippen LogP contribution in [0, 0.1) is 0 Å². The molecule has 0 saturated heterocycles. The van der Waals surface area contributed by atoms with Gasteiger partial charge in [0, 0.05) is 11.8 Å². The molecule has 106 valence electrons. The second kappa shape index (κ2) is 6.74. The van der Waals surface area contributed by atoms with Crippen LogP contribution in [-0.2, 0) is 0 Å². The summed E-state index contributed by atoms with van der Waals surface area (Å²) in [5.74, 6) is 0.314. The average molecular weight is 295 g/mol. The lowest BCUT2D eigenvalue weighted by Crippen LogP contribution is -2.40. The largest absolute Gasteiger partial charge is 0.342 e. The molecule has 6 nitrogen and oxygen atoms in total. The van der Waals surface area contributed by atoms with Crippen molar-refractivity contribution in [2.24, 2.45) is 5.73 Å². The fraction of sp³-hybridized carbons (Fsp3) is 0.0769. The normalized spacial score (nSPS) is 11.2. The Morgan fingerprint density at radius 2 is 1.95 bits per heavy atom. The van der Waals surface area contributed by atoms with Crippen molar-refractivity contribution < 1.29 is 0 Å². The van der Waals surface area contributed by atoms with Gasteiger partial charge >= 0.3 is 5.69 Å². The number of halogens is 1. The highest BCUT2D eigenvalue weighted by Crippen LogP contribution is 2.10. The number of aromatic nitrogens is 2. The van der Waals surface area contributed by atoms with Gasteiger partial charge in [0.1, 0.15) is 12.0 Å². The summed E-state index contributed by atoms with van der Waals surface area (Å²) in [4.78, 5) is 26.2. The van der Waals surface area contributed by atoms with Gasteiger partial charge in [-0.2, -0.15) is 0 Å². The monoisotopic (exact) mass is 294 g/mol. The minimum Gasteiger partial charge on any atom is -0.342 e. The van der Waals surface area contributed by atoms with E-state index in [-0.39, 0.29) is 12.4 Å². The standard InChI is InChI=1S/C13H14N4O2.ClH/c1-2-10(14)17-12(18)8-11(16-13(17)19)15-9-6-4-3-5-7-9;/h2-8,10,15H,1,14H2,(H,16,19);1H. The van der Waals surface area contributed by atoms with Gasteiger partial charge in [-0.25, -0.2) is 9.36 Å². The summed E-state index contributed by atoms with van der Waals surface area (Å²) in [6.07, 6.45) is 0.475. The maximum atomic E-state index is 11.8. The number of hydrogen-bond donors (Lipinski definition) is 3. The zero-order chi connectivity index (χ0) is 13.8. The molecule has 0 fully saturated rings. The molecule has 0 aliphatic carbocycles. The van der Waals surface area contributed by atoms with Crippen LogP contribution in [-0.4, -0.2) is 9.55 Å². The molecule has 2 rings (SSSR count). The van der Waals surface area contributed by atoms with Crippen molar-refractivity contribution in [2.45, 2.75) is 6.17 Å². The van der Waals surface area contributed by atoms with Gasteiger partial charge in [0.05, 0.1) is 0 Å². The summed E-state index contributed by atoms with van der Waals surface area (Å²) in [5, 5.41) is 2.93. The number of anilines is 2. The van der Waals surface area contributed by atoms with Crippen LogP contribution in [0.15, 0.2) is 58.6 Å². The molecule has 1 heterocycles. The summed E-state index contributed by atoms with van der Waals surface area (Å²) in [6.45, 7) is 3.46. The van der Waals surface area contributed by atoms with Gasteiger partial charge in [-0.3, -0.25) is 9.78 Å². The van der Waals surface area contributed by atoms with E-state index in [4.69, 9.17) is 5.73 Å². The van der Waals surface area contributed by atoms with Crippen LogP contribution >= 0.6 is 12.4 Å². The Morgan fingerprint density at radius 3 is 2.50 bits per heavy atom. The van der Waals surface area contributed by atoms with E-state index in [9.17, 15) is 9.59 Å². The molecule has 0 saturated carbocycles. The number of benzene rings is 1. The molecule has 2 aromatic rings. The highest BCUT2D eigenvalue weighted by molar-refractivity contribution is 5.85. The van der Waals surface area contributed by atoms with Crippen molar-refractivity contribution in [1.29, 1.82) is 0 Å². The van der Waals surface area contributed by atoms with Crippen LogP contribution in [0.1, 0.15) is 6.17 Å². The lowest BCUT2D eigenvalue weighted by atomic mass is 10.3. The Morgan fingerprint density at radius 1 is 1.30 bits per heavy atom. The van der Waals surface area contributed by atoms with E-state index in [0.717, 1.165) is 10.3 Å². The van der Waals surface area contributed by atoms with Crippen molar-refractivity contribution in [3.8, 4) is 0 Å². The molecular weight excluding hydrogens is 280 g/mol. The van der Waals surface area contributed by atoms with E-state index in [1.165, 1.54) is 12.1 Å². The number of nitrogens with zero attached hydrogens (tertiary/aromatic N) is 1. The first kappa shape index (κ1) is 15.7. The van der Waals surface area contributed by atoms with Crippen LogP contribution in [0.3, 0.4) is 0 Å². The number of para-hydroxylation sites is 1. The molecule has 0 radical (unpaired) electrons. The number of H-pyrrole nitrogens is 1. The van der Waals surface area contributed by atoms with Crippen LogP contribution < -0.4 is 22.3 Å². The van der Waals surface area contributed by atoms with Crippen LogP contribution in [0.2, 0.25) is 0 Å². The average Bonchev–Trinajstić information content (AvgIpc) is 2.38. The van der Waals surface area contributed by atoms with Gasteiger partial charge in [0.25, 0.3) is 5.56 Å². The SMILES string of the molecule is C=CC(N)n1c(=O)cc(Nc2ccccc2)[nH]c1=O.Cl. The minimum atomic E-state index is -0.845. The van der Waals surface area contributed by atoms with E-state index in [2.05, 4.69) is 16.9 Å². The summed E-state index contributed by atoms with van der Waals surface area (Å²) in [7, 11) is 0. The molecule has 1 aromatic carbocycles. The van der Waals surface area contributed by atoms with Gasteiger partial charge in [0.2, 0.25) is 0 Å². The molecule has 1 atom stereocenters. The highest BCUT2D eigenvalue weighted by Gasteiger charge is 2.08. The van der Waals surface area contributed by atoms with Gasteiger partial charge in [-0.15, -0.1) is 12.4 Å². The molecule has 7 heteroatoms. The van der Waals surface area contributed by atoms with Crippen LogP contribution in [0.25, 0.3) is 0 Å². The maximum absolute atomic E-state index is 11.8. The third-order valence-electron chi connectivity index (χ3n) is 2.56. The van der Waals surface area contributed by atoms with Crippen molar-refractivity contribution in [1.82, 2.24) is 9.55 Å². The zero-order valence-electron chi connectivity index (χ0n) is 10.6. The third-order valence-corrected chi connectivity index (χ3v) is 2.56. The Bertz CT molecular complexity index is 662. The second-order valence-corrected chi connectivity index (χ2v) is 3.91. The quantitative estimate of drug-likeness (QED) is 0.742. The second-order valence-electron chi connectivity index (χ2n) is 3.91. The Balaban J connectivity index is 0.00000200. The molecule has 20 heavy (non-hydrogen) atoms.